The number of hydrogen-bond donors (Lipinski definition) is 2. The quantitative estimate of drug-likeness (QED) is 0.628. The van der Waals surface area contributed by atoms with Gasteiger partial charge in [-0.15, -0.1) is 0 Å². The summed E-state index contributed by atoms with van der Waals surface area (Å²) in [4.78, 5) is 10.6. The molecule has 0 aromatic rings. The minimum absolute atomic E-state index is 0.222. The fourth-order valence-electron chi connectivity index (χ4n) is 1.70. The largest absolute Gasteiger partial charge is 0.481 e. The zero-order chi connectivity index (χ0) is 8.97. The van der Waals surface area contributed by atoms with Crippen molar-refractivity contribution in [2.75, 3.05) is 0 Å². The molecule has 3 heteroatoms. The topological polar surface area (TPSA) is 57.5 Å². The molecule has 1 aliphatic carbocycles. The lowest BCUT2D eigenvalue weighted by molar-refractivity contribution is -0.142. The van der Waals surface area contributed by atoms with Gasteiger partial charge in [0.2, 0.25) is 0 Å². The predicted molar refractivity (Wildman–Crippen MR) is 44.8 cm³/mol. The minimum atomic E-state index is -0.705. The number of rotatable bonds is 1. The van der Waals surface area contributed by atoms with Gasteiger partial charge in [-0.2, -0.15) is 0 Å². The standard InChI is InChI=1S/C9H16O3/c10-8-4-2-1-3-7(5-6-8)9(11)12/h7-8,10H,1-6H2,(H,11,12). The van der Waals surface area contributed by atoms with E-state index in [0.717, 1.165) is 25.7 Å². The highest BCUT2D eigenvalue weighted by molar-refractivity contribution is 5.69. The van der Waals surface area contributed by atoms with E-state index in [-0.39, 0.29) is 12.0 Å². The van der Waals surface area contributed by atoms with Crippen LogP contribution in [-0.4, -0.2) is 22.3 Å². The lowest BCUT2D eigenvalue weighted by Gasteiger charge is -2.18. The highest BCUT2D eigenvalue weighted by Crippen LogP contribution is 2.22. The van der Waals surface area contributed by atoms with Gasteiger partial charge in [0.05, 0.1) is 12.0 Å². The molecule has 0 aliphatic heterocycles. The number of hydrogen-bond acceptors (Lipinski definition) is 2. The number of aliphatic hydroxyl groups excluding tert-OH is 1. The van der Waals surface area contributed by atoms with E-state index in [1.165, 1.54) is 0 Å². The van der Waals surface area contributed by atoms with Gasteiger partial charge in [-0.05, 0) is 25.7 Å². The third kappa shape index (κ3) is 2.81. The van der Waals surface area contributed by atoms with Gasteiger partial charge in [0.15, 0.2) is 0 Å². The third-order valence-electron chi connectivity index (χ3n) is 2.54. The molecule has 0 saturated heterocycles. The van der Waals surface area contributed by atoms with Crippen LogP contribution in [0.1, 0.15) is 38.5 Å². The molecule has 0 heterocycles. The molecule has 2 unspecified atom stereocenters. The average molecular weight is 172 g/mol. The van der Waals surface area contributed by atoms with Crippen LogP contribution in [0.5, 0.6) is 0 Å². The molecule has 2 atom stereocenters. The summed E-state index contributed by atoms with van der Waals surface area (Å²) in [6, 6.07) is 0. The molecule has 12 heavy (non-hydrogen) atoms. The molecular weight excluding hydrogens is 156 g/mol. The Morgan fingerprint density at radius 1 is 1.08 bits per heavy atom. The van der Waals surface area contributed by atoms with Crippen molar-refractivity contribution in [2.45, 2.75) is 44.6 Å². The zero-order valence-electron chi connectivity index (χ0n) is 7.20. The Morgan fingerprint density at radius 3 is 2.42 bits per heavy atom. The van der Waals surface area contributed by atoms with Crippen LogP contribution in [0, 0.1) is 5.92 Å². The maximum atomic E-state index is 10.6. The Labute approximate surface area is 72.4 Å². The van der Waals surface area contributed by atoms with Crippen molar-refractivity contribution in [2.24, 2.45) is 5.92 Å². The van der Waals surface area contributed by atoms with Crippen molar-refractivity contribution in [1.82, 2.24) is 0 Å². The summed E-state index contributed by atoms with van der Waals surface area (Å²) in [5.41, 5.74) is 0. The van der Waals surface area contributed by atoms with Gasteiger partial charge in [0.1, 0.15) is 0 Å². The molecule has 70 valence electrons. The van der Waals surface area contributed by atoms with E-state index < -0.39 is 5.97 Å². The summed E-state index contributed by atoms with van der Waals surface area (Å²) in [6.07, 6.45) is 4.54. The molecule has 2 N–H and O–H groups in total. The van der Waals surface area contributed by atoms with E-state index in [9.17, 15) is 9.90 Å². The first-order valence-corrected chi connectivity index (χ1v) is 4.61. The summed E-state index contributed by atoms with van der Waals surface area (Å²) < 4.78 is 0. The summed E-state index contributed by atoms with van der Waals surface area (Å²) >= 11 is 0. The van der Waals surface area contributed by atoms with Crippen LogP contribution in [0.3, 0.4) is 0 Å². The van der Waals surface area contributed by atoms with Crippen LogP contribution in [0.25, 0.3) is 0 Å². The van der Waals surface area contributed by atoms with Gasteiger partial charge < -0.3 is 10.2 Å². The molecule has 0 bridgehead atoms. The van der Waals surface area contributed by atoms with Crippen LogP contribution in [0.15, 0.2) is 0 Å². The highest BCUT2D eigenvalue weighted by atomic mass is 16.4. The maximum absolute atomic E-state index is 10.6. The van der Waals surface area contributed by atoms with Crippen molar-refractivity contribution >= 4 is 5.97 Å². The van der Waals surface area contributed by atoms with Crippen LogP contribution < -0.4 is 0 Å². The van der Waals surface area contributed by atoms with Crippen molar-refractivity contribution in [3.8, 4) is 0 Å². The molecule has 0 aromatic carbocycles. The Hall–Kier alpha value is -0.570. The third-order valence-corrected chi connectivity index (χ3v) is 2.54. The number of carboxylic acid groups (broad SMARTS) is 1. The molecular formula is C9H16O3. The molecule has 0 radical (unpaired) electrons. The van der Waals surface area contributed by atoms with Crippen molar-refractivity contribution in [3.63, 3.8) is 0 Å². The summed E-state index contributed by atoms with van der Waals surface area (Å²) in [5.74, 6) is -0.927. The molecule has 1 saturated carbocycles. The van der Waals surface area contributed by atoms with Crippen LogP contribution in [0.2, 0.25) is 0 Å². The Bertz CT molecular complexity index is 156. The Kier molecular flexibility index (Phi) is 3.53. The Morgan fingerprint density at radius 2 is 1.75 bits per heavy atom. The van der Waals surface area contributed by atoms with Crippen LogP contribution >= 0.6 is 0 Å². The number of carboxylic acids is 1. The molecule has 1 rings (SSSR count). The van der Waals surface area contributed by atoms with Gasteiger partial charge in [-0.3, -0.25) is 4.79 Å². The first-order chi connectivity index (χ1) is 5.70. The smallest absolute Gasteiger partial charge is 0.306 e. The number of aliphatic hydroxyl groups is 1. The van der Waals surface area contributed by atoms with Crippen molar-refractivity contribution in [1.29, 1.82) is 0 Å². The van der Waals surface area contributed by atoms with Gasteiger partial charge in [-0.25, -0.2) is 0 Å². The minimum Gasteiger partial charge on any atom is -0.481 e. The number of carbonyl (C=O) groups is 1. The van der Waals surface area contributed by atoms with Gasteiger partial charge in [0, 0.05) is 0 Å². The second kappa shape index (κ2) is 4.45. The van der Waals surface area contributed by atoms with Crippen LogP contribution in [0.4, 0.5) is 0 Å². The van der Waals surface area contributed by atoms with E-state index in [2.05, 4.69) is 0 Å². The summed E-state index contributed by atoms with van der Waals surface area (Å²) in [6.45, 7) is 0. The number of aliphatic carboxylic acids is 1. The predicted octanol–water partition coefficient (Wildman–Crippen LogP) is 1.40. The van der Waals surface area contributed by atoms with Gasteiger partial charge in [0.25, 0.3) is 0 Å². The van der Waals surface area contributed by atoms with E-state index >= 15 is 0 Å². The van der Waals surface area contributed by atoms with Crippen LogP contribution in [-0.2, 0) is 4.79 Å². The van der Waals surface area contributed by atoms with E-state index in [0.29, 0.717) is 12.8 Å². The van der Waals surface area contributed by atoms with E-state index in [4.69, 9.17) is 5.11 Å². The molecule has 0 aromatic heterocycles. The first kappa shape index (κ1) is 9.52. The SMILES string of the molecule is O=C(O)C1CCCCC(O)CC1. The Balaban J connectivity index is 2.39. The fraction of sp³-hybridized carbons (Fsp3) is 0.889. The van der Waals surface area contributed by atoms with Gasteiger partial charge in [-0.1, -0.05) is 12.8 Å². The molecule has 0 amide bonds. The second-order valence-electron chi connectivity index (χ2n) is 3.55. The highest BCUT2D eigenvalue weighted by Gasteiger charge is 2.20. The van der Waals surface area contributed by atoms with E-state index in [1.807, 2.05) is 0 Å². The average Bonchev–Trinajstić information content (AvgIpc) is 1.97. The van der Waals surface area contributed by atoms with E-state index in [1.54, 1.807) is 0 Å². The summed E-state index contributed by atoms with van der Waals surface area (Å²) in [7, 11) is 0. The monoisotopic (exact) mass is 172 g/mol. The summed E-state index contributed by atoms with van der Waals surface area (Å²) in [5, 5.41) is 18.1. The normalized spacial score (nSPS) is 32.1. The first-order valence-electron chi connectivity index (χ1n) is 4.61. The lowest BCUT2D eigenvalue weighted by Crippen LogP contribution is -2.19. The zero-order valence-corrected chi connectivity index (χ0v) is 7.20. The lowest BCUT2D eigenvalue weighted by atomic mass is 9.90. The molecule has 3 nitrogen and oxygen atoms in total. The maximum Gasteiger partial charge on any atom is 0.306 e. The van der Waals surface area contributed by atoms with Crippen molar-refractivity contribution < 1.29 is 15.0 Å². The fourth-order valence-corrected chi connectivity index (χ4v) is 1.70. The second-order valence-corrected chi connectivity index (χ2v) is 3.55. The molecule has 0 spiro atoms. The molecule has 1 aliphatic rings. The van der Waals surface area contributed by atoms with Crippen molar-refractivity contribution in [3.05, 3.63) is 0 Å². The van der Waals surface area contributed by atoms with Gasteiger partial charge >= 0.3 is 5.97 Å². The molecule has 1 fully saturated rings.